The molecule has 2 unspecified atom stereocenters. The molecule has 288 valence electrons. The average molecular weight is 738 g/mol. The molecule has 2 aromatic rings. The standard InChI is InChI=1S/C31H40F2N2S.C9H17NO.C4H8O/c1-9-35(28(19(4)5)15-10-18(2)3)21(8)22-11-12-23(27(33)16-22)24-13-14-26(32)31-29(24)25(17-34)30(36-31)20(6)7;1-5-6-8(2)7-11-9(3)10-4;1-3-4(2)5/h12-14,16,18-20,28H,9-11,15H2,1-8H3;8H,3-7H2,1-2H3;3H2,1-2H3/b22-21-;;. The van der Waals surface area contributed by atoms with E-state index in [1.54, 1.807) is 19.1 Å². The first-order valence-corrected chi connectivity index (χ1v) is 19.8. The number of benzene rings is 1. The van der Waals surface area contributed by atoms with Crippen LogP contribution in [-0.2, 0) is 9.53 Å². The van der Waals surface area contributed by atoms with Crippen molar-refractivity contribution in [1.29, 1.82) is 5.26 Å². The van der Waals surface area contributed by atoms with Gasteiger partial charge in [-0.3, -0.25) is 0 Å². The molecule has 1 heterocycles. The van der Waals surface area contributed by atoms with Gasteiger partial charge in [-0.25, -0.2) is 13.8 Å². The minimum Gasteiger partial charge on any atom is -0.478 e. The maximum absolute atomic E-state index is 15.7. The Balaban J connectivity index is 0.000000703. The second-order valence-electron chi connectivity index (χ2n) is 14.7. The SMILES string of the molecule is C=NC(=C)OCC(C)CCC.CCC(C)=O.CCN(/C(C)=C1\C=C(F)C(c2ccc(F)c3sc(C(C)C)c(C#N)c23)=CC1)C(CCC(C)C)C(C)C. The van der Waals surface area contributed by atoms with Gasteiger partial charge in [0.1, 0.15) is 23.5 Å². The molecule has 0 aliphatic heterocycles. The molecule has 0 spiro atoms. The van der Waals surface area contributed by atoms with Gasteiger partial charge in [0.05, 0.1) is 16.9 Å². The summed E-state index contributed by atoms with van der Waals surface area (Å²) >= 11 is 1.30. The van der Waals surface area contributed by atoms with Crippen molar-refractivity contribution in [1.82, 2.24) is 4.90 Å². The van der Waals surface area contributed by atoms with Crippen molar-refractivity contribution < 1.29 is 18.3 Å². The van der Waals surface area contributed by atoms with Crippen molar-refractivity contribution in [3.05, 3.63) is 75.7 Å². The second kappa shape index (κ2) is 23.2. The fourth-order valence-electron chi connectivity index (χ4n) is 6.14. The van der Waals surface area contributed by atoms with Crippen LogP contribution in [0.4, 0.5) is 8.78 Å². The summed E-state index contributed by atoms with van der Waals surface area (Å²) in [4.78, 5) is 16.6. The summed E-state index contributed by atoms with van der Waals surface area (Å²) in [5.74, 6) is 1.80. The van der Waals surface area contributed by atoms with Gasteiger partial charge in [0.2, 0.25) is 5.88 Å². The van der Waals surface area contributed by atoms with Crippen LogP contribution in [0.1, 0.15) is 144 Å². The topological polar surface area (TPSA) is 65.7 Å². The number of hydrogen-bond donors (Lipinski definition) is 0. The van der Waals surface area contributed by atoms with Crippen LogP contribution in [0, 0.1) is 34.9 Å². The number of halogens is 2. The van der Waals surface area contributed by atoms with E-state index in [0.29, 0.717) is 75.9 Å². The molecular weight excluding hydrogens is 673 g/mol. The number of nitrogens with zero attached hydrogens (tertiary/aromatic N) is 3. The van der Waals surface area contributed by atoms with Gasteiger partial charge in [-0.1, -0.05) is 80.9 Å². The molecule has 0 N–H and O–H groups in total. The first-order chi connectivity index (χ1) is 24.5. The molecule has 1 aromatic heterocycles. The van der Waals surface area contributed by atoms with Crippen molar-refractivity contribution in [2.24, 2.45) is 22.7 Å². The number of fused-ring (bicyclic) bond motifs is 1. The van der Waals surface area contributed by atoms with E-state index in [0.717, 1.165) is 35.5 Å². The first kappa shape index (κ1) is 46.5. The summed E-state index contributed by atoms with van der Waals surface area (Å²) in [6, 6.07) is 5.69. The highest BCUT2D eigenvalue weighted by Gasteiger charge is 2.26. The van der Waals surface area contributed by atoms with Gasteiger partial charge < -0.3 is 14.4 Å². The number of ketones is 1. The number of allylic oxidation sites excluding steroid dienone is 6. The summed E-state index contributed by atoms with van der Waals surface area (Å²) in [7, 11) is 0. The van der Waals surface area contributed by atoms with E-state index in [4.69, 9.17) is 4.74 Å². The first-order valence-electron chi connectivity index (χ1n) is 19.0. The van der Waals surface area contributed by atoms with Gasteiger partial charge in [-0.05, 0) is 107 Å². The van der Waals surface area contributed by atoms with Crippen LogP contribution in [0.3, 0.4) is 0 Å². The Hall–Kier alpha value is -3.57. The number of Topliss-reactive ketones (excluding diaryl/α,β-unsaturated/α-hetero) is 1. The zero-order chi connectivity index (χ0) is 39.7. The molecular formula is C44H65F2N3O2S. The average Bonchev–Trinajstić information content (AvgIpc) is 3.50. The van der Waals surface area contributed by atoms with E-state index < -0.39 is 0 Å². The van der Waals surface area contributed by atoms with Crippen molar-refractivity contribution in [2.75, 3.05) is 13.2 Å². The summed E-state index contributed by atoms with van der Waals surface area (Å²) in [6.07, 6.45) is 9.47. The quantitative estimate of drug-likeness (QED) is 0.127. The number of carbonyl (C=O) groups is 1. The third-order valence-corrected chi connectivity index (χ3v) is 10.8. The van der Waals surface area contributed by atoms with Crippen LogP contribution in [0.15, 0.2) is 58.8 Å². The van der Waals surface area contributed by atoms with Crippen molar-refractivity contribution in [3.63, 3.8) is 0 Å². The van der Waals surface area contributed by atoms with Gasteiger partial charge in [0.25, 0.3) is 0 Å². The third kappa shape index (κ3) is 13.8. The Morgan fingerprint density at radius 2 is 1.69 bits per heavy atom. The van der Waals surface area contributed by atoms with Crippen molar-refractivity contribution >= 4 is 39.5 Å². The molecule has 0 bridgehead atoms. The molecule has 0 radical (unpaired) electrons. The number of thiophene rings is 1. The van der Waals surface area contributed by atoms with Crippen molar-refractivity contribution in [2.45, 2.75) is 134 Å². The van der Waals surface area contributed by atoms with Gasteiger partial charge >= 0.3 is 0 Å². The molecule has 8 heteroatoms. The lowest BCUT2D eigenvalue weighted by molar-refractivity contribution is -0.116. The monoisotopic (exact) mass is 737 g/mol. The molecule has 2 atom stereocenters. The smallest absolute Gasteiger partial charge is 0.205 e. The molecule has 1 aromatic carbocycles. The summed E-state index contributed by atoms with van der Waals surface area (Å²) in [5, 5.41) is 10.4. The summed E-state index contributed by atoms with van der Waals surface area (Å²) < 4.78 is 36.1. The molecule has 0 amide bonds. The molecule has 3 rings (SSSR count). The number of aliphatic imine (C=N–C) groups is 1. The van der Waals surface area contributed by atoms with E-state index >= 15 is 4.39 Å². The number of carbonyl (C=O) groups excluding carboxylic acids is 1. The van der Waals surface area contributed by atoms with Crippen LogP contribution >= 0.6 is 11.3 Å². The van der Waals surface area contributed by atoms with Crippen LogP contribution in [0.2, 0.25) is 0 Å². The highest BCUT2D eigenvalue weighted by molar-refractivity contribution is 7.19. The Labute approximate surface area is 318 Å². The maximum Gasteiger partial charge on any atom is 0.205 e. The molecule has 0 fully saturated rings. The van der Waals surface area contributed by atoms with Gasteiger partial charge in [-0.15, -0.1) is 11.3 Å². The molecule has 1 aliphatic rings. The zero-order valence-electron chi connectivity index (χ0n) is 34.1. The fraction of sp³-hybridized carbons (Fsp3) is 0.568. The zero-order valence-corrected chi connectivity index (χ0v) is 34.9. The molecule has 5 nitrogen and oxygen atoms in total. The van der Waals surface area contributed by atoms with E-state index in [-0.39, 0.29) is 23.3 Å². The lowest BCUT2D eigenvalue weighted by atomic mass is 9.90. The number of hydrogen-bond acceptors (Lipinski definition) is 6. The van der Waals surface area contributed by atoms with E-state index in [1.807, 2.05) is 26.8 Å². The van der Waals surface area contributed by atoms with Gasteiger partial charge in [0, 0.05) is 40.5 Å². The highest BCUT2D eigenvalue weighted by atomic mass is 32.1. The van der Waals surface area contributed by atoms with Crippen LogP contribution in [-0.4, -0.2) is 36.6 Å². The minimum atomic E-state index is -0.362. The Morgan fingerprint density at radius 3 is 2.15 bits per heavy atom. The summed E-state index contributed by atoms with van der Waals surface area (Å²) in [5.41, 5.74) is 3.60. The second-order valence-corrected chi connectivity index (χ2v) is 15.8. The number of nitriles is 1. The van der Waals surface area contributed by atoms with Gasteiger partial charge in [-0.2, -0.15) is 5.26 Å². The summed E-state index contributed by atoms with van der Waals surface area (Å²) in [6.45, 7) is 33.5. The Morgan fingerprint density at radius 1 is 1.06 bits per heavy atom. The predicted octanol–water partition coefficient (Wildman–Crippen LogP) is 13.3. The fourth-order valence-corrected chi connectivity index (χ4v) is 7.32. The third-order valence-electron chi connectivity index (χ3n) is 9.26. The normalized spacial score (nSPS) is 14.7. The van der Waals surface area contributed by atoms with E-state index in [1.165, 1.54) is 30.2 Å². The van der Waals surface area contributed by atoms with E-state index in [2.05, 4.69) is 84.6 Å². The number of rotatable bonds is 16. The molecule has 0 saturated carbocycles. The van der Waals surface area contributed by atoms with Crippen LogP contribution in [0.5, 0.6) is 0 Å². The Bertz CT molecular complexity index is 1620. The van der Waals surface area contributed by atoms with Gasteiger partial charge in [0.15, 0.2) is 0 Å². The molecule has 1 aliphatic carbocycles. The Kier molecular flexibility index (Phi) is 20.7. The maximum atomic E-state index is 15.7. The largest absolute Gasteiger partial charge is 0.478 e. The van der Waals surface area contributed by atoms with Crippen LogP contribution in [0.25, 0.3) is 15.7 Å². The molecule has 52 heavy (non-hydrogen) atoms. The van der Waals surface area contributed by atoms with Crippen molar-refractivity contribution in [3.8, 4) is 6.07 Å². The minimum absolute atomic E-state index is 0.0897. The van der Waals surface area contributed by atoms with E-state index in [9.17, 15) is 14.4 Å². The lowest BCUT2D eigenvalue weighted by Crippen LogP contribution is -2.38. The lowest BCUT2D eigenvalue weighted by Gasteiger charge is -2.38. The highest BCUT2D eigenvalue weighted by Crippen LogP contribution is 2.43. The molecule has 0 saturated heterocycles. The number of ether oxygens (including phenoxy) is 1. The predicted molar refractivity (Wildman–Crippen MR) is 220 cm³/mol. The van der Waals surface area contributed by atoms with Crippen LogP contribution < -0.4 is 0 Å².